The fraction of sp³-hybridized carbons (Fsp3) is 0.750. The van der Waals surface area contributed by atoms with Crippen LogP contribution in [0.2, 0.25) is 0 Å². The zero-order valence-electron chi connectivity index (χ0n) is 12.9. The van der Waals surface area contributed by atoms with Crippen molar-refractivity contribution in [3.05, 3.63) is 23.8 Å². The van der Waals surface area contributed by atoms with Gasteiger partial charge in [-0.25, -0.2) is 0 Å². The Labute approximate surface area is 114 Å². The average molecular weight is 253 g/mol. The van der Waals surface area contributed by atoms with E-state index in [1.165, 1.54) is 24.8 Å². The summed E-state index contributed by atoms with van der Waals surface area (Å²) < 4.78 is 5.04. The van der Waals surface area contributed by atoms with Crippen molar-refractivity contribution < 1.29 is 4.74 Å². The van der Waals surface area contributed by atoms with Gasteiger partial charge in [0, 0.05) is 19.7 Å². The highest BCUT2D eigenvalue weighted by molar-refractivity contribution is 5.19. The molecule has 0 saturated heterocycles. The predicted octanol–water partition coefficient (Wildman–Crippen LogP) is 4.04. The SMILES string of the molecule is C/C=C(\C=C/COC)CN(CC)C(C)CCCC. The summed E-state index contributed by atoms with van der Waals surface area (Å²) in [5.41, 5.74) is 1.37. The molecule has 0 aliphatic carbocycles. The molecule has 0 aliphatic heterocycles. The molecule has 0 spiro atoms. The van der Waals surface area contributed by atoms with Gasteiger partial charge >= 0.3 is 0 Å². The number of unbranched alkanes of at least 4 members (excludes halogenated alkanes) is 1. The van der Waals surface area contributed by atoms with Crippen molar-refractivity contribution in [3.63, 3.8) is 0 Å². The van der Waals surface area contributed by atoms with Crippen molar-refractivity contribution in [1.82, 2.24) is 4.90 Å². The molecule has 0 heterocycles. The second kappa shape index (κ2) is 11.5. The first-order valence-electron chi connectivity index (χ1n) is 7.24. The lowest BCUT2D eigenvalue weighted by atomic mass is 10.1. The van der Waals surface area contributed by atoms with Gasteiger partial charge < -0.3 is 4.74 Å². The van der Waals surface area contributed by atoms with Crippen LogP contribution in [0.1, 0.15) is 47.0 Å². The second-order valence-corrected chi connectivity index (χ2v) is 4.78. The minimum Gasteiger partial charge on any atom is -0.381 e. The molecular weight excluding hydrogens is 222 g/mol. The van der Waals surface area contributed by atoms with E-state index in [0.29, 0.717) is 12.6 Å². The average Bonchev–Trinajstić information content (AvgIpc) is 2.40. The Morgan fingerprint density at radius 1 is 1.33 bits per heavy atom. The summed E-state index contributed by atoms with van der Waals surface area (Å²) in [4.78, 5) is 2.54. The standard InChI is InChI=1S/C16H31NO/c1-6-9-11-15(4)17(8-3)14-16(7-2)12-10-13-18-5/h7,10,12,15H,6,8-9,11,13-14H2,1-5H3/b12-10-,16-7+. The minimum atomic E-state index is 0.667. The number of hydrogen-bond donors (Lipinski definition) is 0. The van der Waals surface area contributed by atoms with E-state index in [-0.39, 0.29) is 0 Å². The van der Waals surface area contributed by atoms with Crippen molar-refractivity contribution in [1.29, 1.82) is 0 Å². The number of likely N-dealkylation sites (N-methyl/N-ethyl adjacent to an activating group) is 1. The van der Waals surface area contributed by atoms with Crippen LogP contribution < -0.4 is 0 Å². The van der Waals surface area contributed by atoms with Crippen molar-refractivity contribution in [3.8, 4) is 0 Å². The molecule has 0 aliphatic rings. The zero-order valence-corrected chi connectivity index (χ0v) is 12.9. The first-order chi connectivity index (χ1) is 8.69. The van der Waals surface area contributed by atoms with E-state index in [1.807, 2.05) is 0 Å². The molecular formula is C16H31NO. The molecule has 0 amide bonds. The van der Waals surface area contributed by atoms with E-state index in [0.717, 1.165) is 13.1 Å². The number of hydrogen-bond acceptors (Lipinski definition) is 2. The third-order valence-corrected chi connectivity index (χ3v) is 3.36. The van der Waals surface area contributed by atoms with Gasteiger partial charge in [-0.3, -0.25) is 4.90 Å². The number of nitrogens with zero attached hydrogens (tertiary/aromatic N) is 1. The van der Waals surface area contributed by atoms with Crippen LogP contribution in [0.4, 0.5) is 0 Å². The Bertz CT molecular complexity index is 245. The summed E-state index contributed by atoms with van der Waals surface area (Å²) >= 11 is 0. The molecule has 0 rings (SSSR count). The van der Waals surface area contributed by atoms with Gasteiger partial charge in [-0.2, -0.15) is 0 Å². The molecule has 0 aromatic rings. The van der Waals surface area contributed by atoms with Gasteiger partial charge in [0.25, 0.3) is 0 Å². The van der Waals surface area contributed by atoms with Gasteiger partial charge in [-0.15, -0.1) is 0 Å². The van der Waals surface area contributed by atoms with Crippen LogP contribution in [0, 0.1) is 0 Å². The molecule has 0 radical (unpaired) electrons. The number of ether oxygens (including phenoxy) is 1. The lowest BCUT2D eigenvalue weighted by Gasteiger charge is -2.28. The Morgan fingerprint density at radius 2 is 2.06 bits per heavy atom. The quantitative estimate of drug-likeness (QED) is 0.545. The number of allylic oxidation sites excluding steroid dienone is 1. The van der Waals surface area contributed by atoms with Gasteiger partial charge in [0.1, 0.15) is 0 Å². The predicted molar refractivity (Wildman–Crippen MR) is 81.0 cm³/mol. The van der Waals surface area contributed by atoms with Crippen LogP contribution in [0.15, 0.2) is 23.8 Å². The zero-order chi connectivity index (χ0) is 13.8. The van der Waals surface area contributed by atoms with Crippen LogP contribution in [0.5, 0.6) is 0 Å². The van der Waals surface area contributed by atoms with Crippen molar-refractivity contribution in [2.75, 3.05) is 26.8 Å². The summed E-state index contributed by atoms with van der Waals surface area (Å²) in [6.07, 6.45) is 10.4. The topological polar surface area (TPSA) is 12.5 Å². The maximum absolute atomic E-state index is 5.04. The molecule has 2 heteroatoms. The summed E-state index contributed by atoms with van der Waals surface area (Å²) in [7, 11) is 1.73. The number of methoxy groups -OCH3 is 1. The lowest BCUT2D eigenvalue weighted by Crippen LogP contribution is -2.34. The fourth-order valence-electron chi connectivity index (χ4n) is 2.03. The molecule has 1 atom stereocenters. The Morgan fingerprint density at radius 3 is 2.56 bits per heavy atom. The van der Waals surface area contributed by atoms with E-state index in [1.54, 1.807) is 7.11 Å². The van der Waals surface area contributed by atoms with Crippen LogP contribution in [0.3, 0.4) is 0 Å². The van der Waals surface area contributed by atoms with Gasteiger partial charge in [-0.05, 0) is 32.4 Å². The summed E-state index contributed by atoms with van der Waals surface area (Å²) in [6.45, 7) is 11.8. The molecule has 2 nitrogen and oxygen atoms in total. The van der Waals surface area contributed by atoms with E-state index >= 15 is 0 Å². The minimum absolute atomic E-state index is 0.667. The Hall–Kier alpha value is -0.600. The van der Waals surface area contributed by atoms with Crippen molar-refractivity contribution in [2.24, 2.45) is 0 Å². The number of rotatable bonds is 10. The molecule has 0 N–H and O–H groups in total. The largest absolute Gasteiger partial charge is 0.381 e. The van der Waals surface area contributed by atoms with Crippen LogP contribution in [0.25, 0.3) is 0 Å². The highest BCUT2D eigenvalue weighted by Gasteiger charge is 2.11. The second-order valence-electron chi connectivity index (χ2n) is 4.78. The van der Waals surface area contributed by atoms with Crippen molar-refractivity contribution >= 4 is 0 Å². The molecule has 0 aromatic heterocycles. The highest BCUT2D eigenvalue weighted by atomic mass is 16.5. The van der Waals surface area contributed by atoms with E-state index in [4.69, 9.17) is 4.74 Å². The maximum Gasteiger partial charge on any atom is 0.0646 e. The van der Waals surface area contributed by atoms with Gasteiger partial charge in [0.15, 0.2) is 0 Å². The van der Waals surface area contributed by atoms with Crippen LogP contribution in [-0.2, 0) is 4.74 Å². The molecule has 106 valence electrons. The summed E-state index contributed by atoms with van der Waals surface area (Å²) in [5, 5.41) is 0. The van der Waals surface area contributed by atoms with E-state index < -0.39 is 0 Å². The van der Waals surface area contributed by atoms with E-state index in [9.17, 15) is 0 Å². The van der Waals surface area contributed by atoms with Gasteiger partial charge in [0.2, 0.25) is 0 Å². The van der Waals surface area contributed by atoms with Gasteiger partial charge in [-0.1, -0.05) is 44.9 Å². The van der Waals surface area contributed by atoms with Crippen LogP contribution >= 0.6 is 0 Å². The maximum atomic E-state index is 5.04. The Balaban J connectivity index is 4.31. The Kier molecular flexibility index (Phi) is 11.1. The summed E-state index contributed by atoms with van der Waals surface area (Å²) in [5.74, 6) is 0. The fourth-order valence-corrected chi connectivity index (χ4v) is 2.03. The molecule has 18 heavy (non-hydrogen) atoms. The molecule has 0 bridgehead atoms. The third kappa shape index (κ3) is 7.67. The first kappa shape index (κ1) is 17.4. The van der Waals surface area contributed by atoms with Crippen LogP contribution in [-0.4, -0.2) is 37.7 Å². The molecule has 0 fully saturated rings. The van der Waals surface area contributed by atoms with Crippen molar-refractivity contribution in [2.45, 2.75) is 53.0 Å². The lowest BCUT2D eigenvalue weighted by molar-refractivity contribution is 0.225. The smallest absolute Gasteiger partial charge is 0.0646 e. The monoisotopic (exact) mass is 253 g/mol. The van der Waals surface area contributed by atoms with Gasteiger partial charge in [0.05, 0.1) is 6.61 Å². The molecule has 0 saturated carbocycles. The summed E-state index contributed by atoms with van der Waals surface area (Å²) in [6, 6.07) is 0.667. The van der Waals surface area contributed by atoms with E-state index in [2.05, 4.69) is 50.8 Å². The highest BCUT2D eigenvalue weighted by Crippen LogP contribution is 2.11. The first-order valence-corrected chi connectivity index (χ1v) is 7.24. The molecule has 0 aromatic carbocycles. The normalized spacial score (nSPS) is 14.7. The molecule has 1 unspecified atom stereocenters. The third-order valence-electron chi connectivity index (χ3n) is 3.36.